The van der Waals surface area contributed by atoms with Gasteiger partial charge >= 0.3 is 0 Å². The van der Waals surface area contributed by atoms with Crippen molar-refractivity contribution in [2.45, 2.75) is 6.42 Å². The Balaban J connectivity index is 1.55. The van der Waals surface area contributed by atoms with E-state index < -0.39 is 0 Å². The van der Waals surface area contributed by atoms with Gasteiger partial charge in [-0.25, -0.2) is 0 Å². The van der Waals surface area contributed by atoms with Gasteiger partial charge in [-0.3, -0.25) is 4.98 Å². The van der Waals surface area contributed by atoms with E-state index in [1.807, 2.05) is 6.07 Å². The number of para-hydroxylation sites is 1. The Morgan fingerprint density at radius 2 is 2.10 bits per heavy atom. The van der Waals surface area contributed by atoms with Gasteiger partial charge in [0, 0.05) is 37.7 Å². The highest BCUT2D eigenvalue weighted by Crippen LogP contribution is 2.25. The van der Waals surface area contributed by atoms with Crippen molar-refractivity contribution in [2.24, 2.45) is 5.92 Å². The Hall–Kier alpha value is -1.74. The van der Waals surface area contributed by atoms with Gasteiger partial charge in [0.2, 0.25) is 0 Å². The maximum absolute atomic E-state index is 6.10. The van der Waals surface area contributed by atoms with Crippen LogP contribution >= 0.6 is 11.6 Å². The van der Waals surface area contributed by atoms with E-state index in [4.69, 9.17) is 11.6 Å². The molecule has 0 saturated carbocycles. The number of anilines is 2. The highest BCUT2D eigenvalue weighted by molar-refractivity contribution is 6.33. The average Bonchev–Trinajstić information content (AvgIpc) is 2.96. The summed E-state index contributed by atoms with van der Waals surface area (Å²) in [6.07, 6.45) is 4.65. The molecule has 1 aromatic carbocycles. The van der Waals surface area contributed by atoms with E-state index in [0.29, 0.717) is 10.9 Å². The molecule has 1 aromatic heterocycles. The minimum absolute atomic E-state index is 0.652. The lowest BCUT2D eigenvalue weighted by molar-refractivity contribution is 0.622. The fourth-order valence-corrected chi connectivity index (χ4v) is 2.83. The van der Waals surface area contributed by atoms with Crippen LogP contribution in [0.2, 0.25) is 5.02 Å². The minimum Gasteiger partial charge on any atom is -0.383 e. The van der Waals surface area contributed by atoms with Crippen LogP contribution in [0.4, 0.5) is 11.4 Å². The predicted molar refractivity (Wildman–Crippen MR) is 84.5 cm³/mol. The Kier molecular flexibility index (Phi) is 4.07. The molecule has 1 unspecified atom stereocenters. The normalized spacial score (nSPS) is 18.2. The first kappa shape index (κ1) is 13.3. The summed E-state index contributed by atoms with van der Waals surface area (Å²) in [5.41, 5.74) is 2.29. The summed E-state index contributed by atoms with van der Waals surface area (Å²) in [7, 11) is 0. The molecule has 3 nitrogen and oxygen atoms in total. The Morgan fingerprint density at radius 3 is 2.90 bits per heavy atom. The van der Waals surface area contributed by atoms with E-state index in [1.54, 1.807) is 12.4 Å². The maximum Gasteiger partial charge on any atom is 0.0820 e. The summed E-state index contributed by atoms with van der Waals surface area (Å²) in [6, 6.07) is 12.5. The molecule has 0 radical (unpaired) electrons. The number of benzene rings is 1. The Morgan fingerprint density at radius 1 is 1.25 bits per heavy atom. The van der Waals surface area contributed by atoms with E-state index in [9.17, 15) is 0 Å². The number of aromatic nitrogens is 1. The Labute approximate surface area is 124 Å². The van der Waals surface area contributed by atoms with Crippen LogP contribution in [0.15, 0.2) is 48.8 Å². The molecule has 2 heterocycles. The number of hydrogen-bond donors (Lipinski definition) is 1. The van der Waals surface area contributed by atoms with Crippen LogP contribution in [-0.4, -0.2) is 24.6 Å². The highest BCUT2D eigenvalue weighted by Gasteiger charge is 2.22. The molecule has 3 rings (SSSR count). The monoisotopic (exact) mass is 287 g/mol. The second-order valence-corrected chi connectivity index (χ2v) is 5.58. The highest BCUT2D eigenvalue weighted by atomic mass is 35.5. The standard InChI is InChI=1S/C16H18ClN3/c17-15-11-18-8-6-16(15)19-10-13-7-9-20(12-13)14-4-2-1-3-5-14/h1-6,8,11,13H,7,9-10,12H2,(H,18,19). The minimum atomic E-state index is 0.652. The molecule has 0 spiro atoms. The molecule has 1 fully saturated rings. The summed E-state index contributed by atoms with van der Waals surface area (Å²) in [5, 5.41) is 4.11. The molecule has 1 N–H and O–H groups in total. The predicted octanol–water partition coefficient (Wildman–Crippen LogP) is 3.67. The van der Waals surface area contributed by atoms with Crippen LogP contribution in [0.5, 0.6) is 0 Å². The summed E-state index contributed by atoms with van der Waals surface area (Å²) >= 11 is 6.10. The molecule has 1 aliphatic rings. The summed E-state index contributed by atoms with van der Waals surface area (Å²) in [5.74, 6) is 0.652. The molecule has 2 aromatic rings. The van der Waals surface area contributed by atoms with Gasteiger partial charge in [0.1, 0.15) is 0 Å². The number of hydrogen-bond acceptors (Lipinski definition) is 3. The van der Waals surface area contributed by atoms with Gasteiger partial charge in [-0.15, -0.1) is 0 Å². The molecule has 0 bridgehead atoms. The van der Waals surface area contributed by atoms with Gasteiger partial charge < -0.3 is 10.2 Å². The molecule has 0 amide bonds. The van der Waals surface area contributed by atoms with Gasteiger partial charge in [-0.05, 0) is 30.5 Å². The van der Waals surface area contributed by atoms with Crippen molar-refractivity contribution in [1.29, 1.82) is 0 Å². The van der Waals surface area contributed by atoms with Gasteiger partial charge in [-0.1, -0.05) is 29.8 Å². The van der Waals surface area contributed by atoms with E-state index in [2.05, 4.69) is 45.5 Å². The second kappa shape index (κ2) is 6.14. The summed E-state index contributed by atoms with van der Waals surface area (Å²) in [6.45, 7) is 3.17. The maximum atomic E-state index is 6.10. The smallest absolute Gasteiger partial charge is 0.0820 e. The Bertz CT molecular complexity index is 559. The van der Waals surface area contributed by atoms with Crippen molar-refractivity contribution in [1.82, 2.24) is 4.98 Å². The lowest BCUT2D eigenvalue weighted by Gasteiger charge is -2.19. The van der Waals surface area contributed by atoms with Crippen LogP contribution in [0.25, 0.3) is 0 Å². The van der Waals surface area contributed by atoms with Crippen molar-refractivity contribution in [3.63, 3.8) is 0 Å². The zero-order chi connectivity index (χ0) is 13.8. The molecular formula is C16H18ClN3. The van der Waals surface area contributed by atoms with Crippen molar-refractivity contribution in [2.75, 3.05) is 29.9 Å². The summed E-state index contributed by atoms with van der Waals surface area (Å²) < 4.78 is 0. The lowest BCUT2D eigenvalue weighted by atomic mass is 10.1. The third-order valence-electron chi connectivity index (χ3n) is 3.76. The lowest BCUT2D eigenvalue weighted by Crippen LogP contribution is -2.22. The quantitative estimate of drug-likeness (QED) is 0.930. The fourth-order valence-electron chi connectivity index (χ4n) is 2.65. The first-order chi connectivity index (χ1) is 9.83. The van der Waals surface area contributed by atoms with Crippen LogP contribution in [0.3, 0.4) is 0 Å². The molecule has 1 atom stereocenters. The molecule has 1 aliphatic heterocycles. The van der Waals surface area contributed by atoms with E-state index in [-0.39, 0.29) is 0 Å². The van der Waals surface area contributed by atoms with E-state index >= 15 is 0 Å². The first-order valence-corrected chi connectivity index (χ1v) is 7.34. The second-order valence-electron chi connectivity index (χ2n) is 5.17. The van der Waals surface area contributed by atoms with Crippen molar-refractivity contribution in [3.05, 3.63) is 53.8 Å². The number of nitrogens with one attached hydrogen (secondary N) is 1. The fraction of sp³-hybridized carbons (Fsp3) is 0.312. The molecule has 0 aliphatic carbocycles. The number of pyridine rings is 1. The largest absolute Gasteiger partial charge is 0.383 e. The molecule has 4 heteroatoms. The third kappa shape index (κ3) is 3.05. The van der Waals surface area contributed by atoms with E-state index in [0.717, 1.165) is 25.3 Å². The van der Waals surface area contributed by atoms with Crippen LogP contribution in [0.1, 0.15) is 6.42 Å². The van der Waals surface area contributed by atoms with E-state index in [1.165, 1.54) is 12.1 Å². The zero-order valence-electron chi connectivity index (χ0n) is 11.3. The molecular weight excluding hydrogens is 270 g/mol. The van der Waals surface area contributed by atoms with Gasteiger partial charge in [0.25, 0.3) is 0 Å². The molecule has 1 saturated heterocycles. The molecule has 104 valence electrons. The average molecular weight is 288 g/mol. The van der Waals surface area contributed by atoms with Crippen molar-refractivity contribution in [3.8, 4) is 0 Å². The van der Waals surface area contributed by atoms with Crippen molar-refractivity contribution >= 4 is 23.0 Å². The van der Waals surface area contributed by atoms with Crippen LogP contribution in [-0.2, 0) is 0 Å². The van der Waals surface area contributed by atoms with Gasteiger partial charge in [-0.2, -0.15) is 0 Å². The van der Waals surface area contributed by atoms with Crippen molar-refractivity contribution < 1.29 is 0 Å². The third-order valence-corrected chi connectivity index (χ3v) is 4.06. The number of nitrogens with zero attached hydrogens (tertiary/aromatic N) is 2. The SMILES string of the molecule is Clc1cnccc1NCC1CCN(c2ccccc2)C1. The molecule has 20 heavy (non-hydrogen) atoms. The topological polar surface area (TPSA) is 28.2 Å². The van der Waals surface area contributed by atoms with Crippen LogP contribution < -0.4 is 10.2 Å². The first-order valence-electron chi connectivity index (χ1n) is 6.96. The number of halogens is 1. The summed E-state index contributed by atoms with van der Waals surface area (Å²) in [4.78, 5) is 6.44. The van der Waals surface area contributed by atoms with Crippen LogP contribution in [0, 0.1) is 5.92 Å². The zero-order valence-corrected chi connectivity index (χ0v) is 12.1. The van der Waals surface area contributed by atoms with Gasteiger partial charge in [0.15, 0.2) is 0 Å². The number of rotatable bonds is 4. The van der Waals surface area contributed by atoms with Gasteiger partial charge in [0.05, 0.1) is 10.7 Å².